The molecule has 9 aromatic carbocycles. The van der Waals surface area contributed by atoms with Crippen LogP contribution in [0.4, 0.5) is 17.1 Å². The van der Waals surface area contributed by atoms with Crippen molar-refractivity contribution in [2.24, 2.45) is 0 Å². The number of benzene rings is 9. The van der Waals surface area contributed by atoms with Crippen LogP contribution in [0.3, 0.4) is 0 Å². The second-order valence-corrected chi connectivity index (χ2v) is 15.2. The molecule has 3 heteroatoms. The lowest BCUT2D eigenvalue weighted by Gasteiger charge is -2.29. The van der Waals surface area contributed by atoms with Crippen molar-refractivity contribution in [1.82, 2.24) is 0 Å². The van der Waals surface area contributed by atoms with Crippen LogP contribution < -0.4 is 4.90 Å². The van der Waals surface area contributed by atoms with Gasteiger partial charge in [-0.2, -0.15) is 0 Å². The quantitative estimate of drug-likeness (QED) is 0.170. The Balaban J connectivity index is 1.08. The summed E-state index contributed by atoms with van der Waals surface area (Å²) in [6, 6.07) is 72.4. The van der Waals surface area contributed by atoms with E-state index in [0.717, 1.165) is 50.1 Å². The van der Waals surface area contributed by atoms with Crippen molar-refractivity contribution in [1.29, 1.82) is 0 Å². The van der Waals surface area contributed by atoms with Crippen molar-refractivity contribution in [3.8, 4) is 33.4 Å². The van der Waals surface area contributed by atoms with Crippen molar-refractivity contribution in [3.05, 3.63) is 200 Å². The van der Waals surface area contributed by atoms with Gasteiger partial charge in [0, 0.05) is 47.9 Å². The van der Waals surface area contributed by atoms with Crippen LogP contribution in [0.15, 0.2) is 205 Å². The zero-order chi connectivity index (χ0) is 36.3. The number of para-hydroxylation sites is 2. The number of hydrogen-bond donors (Lipinski definition) is 0. The predicted octanol–water partition coefficient (Wildman–Crippen LogP) is 15.6. The minimum absolute atomic E-state index is 0.894. The van der Waals surface area contributed by atoms with Gasteiger partial charge in [0.15, 0.2) is 0 Å². The van der Waals surface area contributed by atoms with Crippen molar-refractivity contribution in [3.63, 3.8) is 0 Å². The van der Waals surface area contributed by atoms with Crippen molar-refractivity contribution < 1.29 is 4.42 Å². The van der Waals surface area contributed by atoms with Gasteiger partial charge in [0.2, 0.25) is 0 Å². The van der Waals surface area contributed by atoms with Gasteiger partial charge in [0.05, 0.1) is 5.69 Å². The van der Waals surface area contributed by atoms with Gasteiger partial charge in [-0.1, -0.05) is 127 Å². The van der Waals surface area contributed by atoms with Crippen molar-refractivity contribution in [2.75, 3.05) is 4.90 Å². The Labute approximate surface area is 322 Å². The highest BCUT2D eigenvalue weighted by Gasteiger charge is 2.19. The number of thiophene rings is 1. The normalized spacial score (nSPS) is 11.6. The Morgan fingerprint density at radius 3 is 1.82 bits per heavy atom. The van der Waals surface area contributed by atoms with E-state index in [0.29, 0.717) is 0 Å². The standard InChI is InChI=1S/C52H33NOS/c1-2-12-35-29-40(24-23-34(35)11-1)43-17-3-6-20-48(43)53(41-15-9-13-36(30-41)38-26-28-52-47(32-38)46-19-5-8-22-51(46)55-52)42-16-10-14-37(31-42)39-25-27-45-44-18-4-7-21-49(44)54-50(45)33-39/h1-33H. The Morgan fingerprint density at radius 2 is 0.964 bits per heavy atom. The molecule has 0 saturated heterocycles. The molecule has 2 heterocycles. The topological polar surface area (TPSA) is 16.4 Å². The van der Waals surface area contributed by atoms with Crippen LogP contribution in [0.25, 0.3) is 86.3 Å². The van der Waals surface area contributed by atoms with Gasteiger partial charge in [-0.3, -0.25) is 0 Å². The third kappa shape index (κ3) is 5.48. The van der Waals surface area contributed by atoms with Crippen LogP contribution in [0.5, 0.6) is 0 Å². The molecular weight excluding hydrogens is 687 g/mol. The van der Waals surface area contributed by atoms with Crippen molar-refractivity contribution >= 4 is 81.3 Å². The van der Waals surface area contributed by atoms with E-state index in [1.165, 1.54) is 53.2 Å². The summed E-state index contributed by atoms with van der Waals surface area (Å²) in [4.78, 5) is 2.41. The average molecular weight is 720 g/mol. The molecule has 0 spiro atoms. The number of fused-ring (bicyclic) bond motifs is 7. The van der Waals surface area contributed by atoms with Crippen LogP contribution in [-0.2, 0) is 0 Å². The second-order valence-electron chi connectivity index (χ2n) is 14.1. The van der Waals surface area contributed by atoms with E-state index in [1.807, 2.05) is 23.5 Å². The van der Waals surface area contributed by atoms with Gasteiger partial charge in [0.25, 0.3) is 0 Å². The molecular formula is C52H33NOS. The molecule has 0 atom stereocenters. The lowest BCUT2D eigenvalue weighted by Crippen LogP contribution is -2.11. The minimum Gasteiger partial charge on any atom is -0.456 e. The summed E-state index contributed by atoms with van der Waals surface area (Å²) < 4.78 is 8.95. The van der Waals surface area contributed by atoms with Gasteiger partial charge >= 0.3 is 0 Å². The molecule has 0 aliphatic carbocycles. The van der Waals surface area contributed by atoms with Crippen LogP contribution in [0.2, 0.25) is 0 Å². The highest BCUT2D eigenvalue weighted by Crippen LogP contribution is 2.44. The van der Waals surface area contributed by atoms with E-state index in [-0.39, 0.29) is 0 Å². The first-order valence-corrected chi connectivity index (χ1v) is 19.5. The molecule has 0 unspecified atom stereocenters. The van der Waals surface area contributed by atoms with Gasteiger partial charge in [-0.15, -0.1) is 11.3 Å². The molecule has 2 aromatic heterocycles. The Bertz CT molecular complexity index is 3240. The highest BCUT2D eigenvalue weighted by atomic mass is 32.1. The molecule has 55 heavy (non-hydrogen) atoms. The molecule has 0 aliphatic rings. The lowest BCUT2D eigenvalue weighted by atomic mass is 9.97. The smallest absolute Gasteiger partial charge is 0.136 e. The molecule has 0 N–H and O–H groups in total. The monoisotopic (exact) mass is 719 g/mol. The molecule has 0 aliphatic heterocycles. The fourth-order valence-corrected chi connectivity index (χ4v) is 9.24. The summed E-state index contributed by atoms with van der Waals surface area (Å²) in [6.07, 6.45) is 0. The van der Waals surface area contributed by atoms with Crippen LogP contribution in [0.1, 0.15) is 0 Å². The Morgan fingerprint density at radius 1 is 0.345 bits per heavy atom. The molecule has 0 bridgehead atoms. The highest BCUT2D eigenvalue weighted by molar-refractivity contribution is 7.25. The summed E-state index contributed by atoms with van der Waals surface area (Å²) in [6.45, 7) is 0. The van der Waals surface area contributed by atoms with Gasteiger partial charge < -0.3 is 9.32 Å². The fraction of sp³-hybridized carbons (Fsp3) is 0. The zero-order valence-electron chi connectivity index (χ0n) is 29.8. The molecule has 11 aromatic rings. The third-order valence-electron chi connectivity index (χ3n) is 10.8. The molecule has 2 nitrogen and oxygen atoms in total. The first kappa shape index (κ1) is 31.6. The van der Waals surface area contributed by atoms with E-state index in [2.05, 4.69) is 193 Å². The molecule has 258 valence electrons. The molecule has 0 amide bonds. The first-order chi connectivity index (χ1) is 27.2. The first-order valence-electron chi connectivity index (χ1n) is 18.7. The van der Waals surface area contributed by atoms with Crippen molar-refractivity contribution in [2.45, 2.75) is 0 Å². The Kier molecular flexibility index (Phi) is 7.39. The lowest BCUT2D eigenvalue weighted by molar-refractivity contribution is 0.669. The van der Waals surface area contributed by atoms with Gasteiger partial charge in [0.1, 0.15) is 11.2 Å². The maximum Gasteiger partial charge on any atom is 0.136 e. The zero-order valence-corrected chi connectivity index (χ0v) is 30.6. The number of nitrogens with zero attached hydrogens (tertiary/aromatic N) is 1. The summed E-state index contributed by atoms with van der Waals surface area (Å²) >= 11 is 1.85. The summed E-state index contributed by atoms with van der Waals surface area (Å²) in [7, 11) is 0. The van der Waals surface area contributed by atoms with E-state index in [1.54, 1.807) is 0 Å². The predicted molar refractivity (Wildman–Crippen MR) is 235 cm³/mol. The number of furan rings is 1. The van der Waals surface area contributed by atoms with E-state index < -0.39 is 0 Å². The molecule has 0 saturated carbocycles. The van der Waals surface area contributed by atoms with Gasteiger partial charge in [-0.25, -0.2) is 0 Å². The second kappa shape index (κ2) is 12.9. The third-order valence-corrected chi connectivity index (χ3v) is 12.0. The molecule has 11 rings (SSSR count). The summed E-state index contributed by atoms with van der Waals surface area (Å²) in [5.74, 6) is 0. The van der Waals surface area contributed by atoms with E-state index in [9.17, 15) is 0 Å². The number of rotatable bonds is 6. The fourth-order valence-electron chi connectivity index (χ4n) is 8.16. The van der Waals surface area contributed by atoms with Gasteiger partial charge in [-0.05, 0) is 111 Å². The summed E-state index contributed by atoms with van der Waals surface area (Å²) in [5, 5.41) is 7.34. The largest absolute Gasteiger partial charge is 0.456 e. The number of hydrogen-bond acceptors (Lipinski definition) is 3. The summed E-state index contributed by atoms with van der Waals surface area (Å²) in [5.41, 5.74) is 12.0. The maximum absolute atomic E-state index is 6.32. The molecule has 0 radical (unpaired) electrons. The average Bonchev–Trinajstić information content (AvgIpc) is 3.82. The Hall–Kier alpha value is -6.94. The van der Waals surface area contributed by atoms with E-state index in [4.69, 9.17) is 4.42 Å². The van der Waals surface area contributed by atoms with Crippen LogP contribution in [0, 0.1) is 0 Å². The van der Waals surface area contributed by atoms with E-state index >= 15 is 0 Å². The molecule has 0 fully saturated rings. The number of anilines is 3. The van der Waals surface area contributed by atoms with Crippen LogP contribution in [-0.4, -0.2) is 0 Å². The maximum atomic E-state index is 6.32. The SMILES string of the molecule is c1cc(-c2ccc3c(c2)oc2ccccc23)cc(N(c2cccc(-c3ccc4sc5ccccc5c4c3)c2)c2ccccc2-c2ccc3ccccc3c2)c1. The van der Waals surface area contributed by atoms with Crippen LogP contribution >= 0.6 is 11.3 Å². The minimum atomic E-state index is 0.894.